The van der Waals surface area contributed by atoms with Gasteiger partial charge in [-0.1, -0.05) is 285 Å². The fraction of sp³-hybridized carbons (Fsp3) is 0.947. The Labute approximate surface area is 393 Å². The first-order valence-electron chi connectivity index (χ1n) is 28.4. The van der Waals surface area contributed by atoms with Crippen molar-refractivity contribution in [2.24, 2.45) is 5.92 Å². The molecule has 0 fully saturated rings. The topological polar surface area (TPSA) is 78.9 Å². The third kappa shape index (κ3) is 51.3. The van der Waals surface area contributed by atoms with Gasteiger partial charge in [-0.25, -0.2) is 0 Å². The molecule has 0 amide bonds. The molecule has 0 bridgehead atoms. The van der Waals surface area contributed by atoms with E-state index in [4.69, 9.17) is 14.2 Å². The summed E-state index contributed by atoms with van der Waals surface area (Å²) in [4.78, 5) is 38.0. The molecule has 6 heteroatoms. The largest absolute Gasteiger partial charge is 0.462 e. The van der Waals surface area contributed by atoms with Crippen LogP contribution in [0.25, 0.3) is 0 Å². The zero-order valence-corrected chi connectivity index (χ0v) is 43.0. The molecule has 0 radical (unpaired) electrons. The summed E-state index contributed by atoms with van der Waals surface area (Å²) < 4.78 is 16.9. The first-order chi connectivity index (χ1) is 30.9. The normalized spacial score (nSPS) is 12.0. The Hall–Kier alpha value is -1.59. The molecule has 0 spiro atoms. The van der Waals surface area contributed by atoms with E-state index in [0.29, 0.717) is 19.3 Å². The van der Waals surface area contributed by atoms with Gasteiger partial charge in [-0.3, -0.25) is 14.4 Å². The lowest BCUT2D eigenvalue weighted by Gasteiger charge is -2.18. The second-order valence-corrected chi connectivity index (χ2v) is 20.1. The lowest BCUT2D eigenvalue weighted by atomic mass is 10.0. The number of rotatable bonds is 52. The van der Waals surface area contributed by atoms with Crippen LogP contribution < -0.4 is 0 Å². The standard InChI is InChI=1S/C57H110O6/c1-5-7-9-11-13-15-17-19-21-22-23-24-26-27-29-31-36-40-44-48-55(58)61-51-54(52-62-56(59)49-45-41-37-34-33-35-39-43-47-53(3)4)63-57(60)50-46-42-38-32-30-28-25-20-18-16-14-12-10-8-6-2/h53-54H,5-52H2,1-4H3/t54-/m0/s1. The zero-order chi connectivity index (χ0) is 45.9. The minimum absolute atomic E-state index is 0.0625. The molecule has 374 valence electrons. The Kier molecular flexibility index (Phi) is 50.1. The van der Waals surface area contributed by atoms with Crippen molar-refractivity contribution in [1.82, 2.24) is 0 Å². The molecule has 0 aliphatic carbocycles. The van der Waals surface area contributed by atoms with Crippen LogP contribution in [-0.4, -0.2) is 37.2 Å². The highest BCUT2D eigenvalue weighted by Crippen LogP contribution is 2.18. The summed E-state index contributed by atoms with van der Waals surface area (Å²) in [5, 5.41) is 0. The molecular formula is C57H110O6. The Morgan fingerprint density at radius 2 is 0.524 bits per heavy atom. The maximum absolute atomic E-state index is 12.8. The van der Waals surface area contributed by atoms with Crippen LogP contribution in [-0.2, 0) is 28.6 Å². The number of unbranched alkanes of at least 4 members (excludes halogenated alkanes) is 39. The molecule has 0 saturated heterocycles. The number of ether oxygens (including phenoxy) is 3. The van der Waals surface area contributed by atoms with Gasteiger partial charge in [0.25, 0.3) is 0 Å². The molecule has 1 atom stereocenters. The summed E-state index contributed by atoms with van der Waals surface area (Å²) in [6, 6.07) is 0. The first-order valence-corrected chi connectivity index (χ1v) is 28.4. The molecule has 0 aromatic rings. The third-order valence-electron chi connectivity index (χ3n) is 13.0. The van der Waals surface area contributed by atoms with E-state index >= 15 is 0 Å². The van der Waals surface area contributed by atoms with Crippen molar-refractivity contribution in [3.05, 3.63) is 0 Å². The Balaban J connectivity index is 4.25. The van der Waals surface area contributed by atoms with Crippen LogP contribution in [0.4, 0.5) is 0 Å². The van der Waals surface area contributed by atoms with Gasteiger partial charge in [-0.05, 0) is 25.2 Å². The van der Waals surface area contributed by atoms with Gasteiger partial charge in [0.1, 0.15) is 13.2 Å². The minimum atomic E-state index is -0.762. The van der Waals surface area contributed by atoms with Gasteiger partial charge in [-0.2, -0.15) is 0 Å². The summed E-state index contributed by atoms with van der Waals surface area (Å²) in [5.74, 6) is -0.0436. The summed E-state index contributed by atoms with van der Waals surface area (Å²) in [5.41, 5.74) is 0. The molecule has 0 aromatic carbocycles. The van der Waals surface area contributed by atoms with Gasteiger partial charge < -0.3 is 14.2 Å². The van der Waals surface area contributed by atoms with Crippen LogP contribution in [0.2, 0.25) is 0 Å². The van der Waals surface area contributed by atoms with E-state index in [0.717, 1.165) is 63.7 Å². The number of esters is 3. The van der Waals surface area contributed by atoms with Crippen molar-refractivity contribution in [3.8, 4) is 0 Å². The van der Waals surface area contributed by atoms with E-state index < -0.39 is 6.10 Å². The SMILES string of the molecule is CCCCCCCCCCCCCCCCCCCCCC(=O)OC[C@@H](COC(=O)CCCCCCCCCCC(C)C)OC(=O)CCCCCCCCCCCCCCCCC. The van der Waals surface area contributed by atoms with Crippen LogP contribution in [0.15, 0.2) is 0 Å². The highest BCUT2D eigenvalue weighted by atomic mass is 16.6. The molecule has 0 aliphatic rings. The molecule has 6 nitrogen and oxygen atoms in total. The van der Waals surface area contributed by atoms with Crippen molar-refractivity contribution in [2.45, 2.75) is 329 Å². The van der Waals surface area contributed by atoms with Crippen molar-refractivity contribution >= 4 is 17.9 Å². The van der Waals surface area contributed by atoms with Crippen molar-refractivity contribution in [3.63, 3.8) is 0 Å². The minimum Gasteiger partial charge on any atom is -0.462 e. The summed E-state index contributed by atoms with van der Waals surface area (Å²) in [6.07, 6.45) is 55.3. The average Bonchev–Trinajstić information content (AvgIpc) is 3.27. The van der Waals surface area contributed by atoms with E-state index in [1.807, 2.05) is 0 Å². The predicted octanol–water partition coefficient (Wildman–Crippen LogP) is 18.6. The van der Waals surface area contributed by atoms with Crippen molar-refractivity contribution in [2.75, 3.05) is 13.2 Å². The molecular weight excluding hydrogens is 781 g/mol. The Morgan fingerprint density at radius 1 is 0.302 bits per heavy atom. The van der Waals surface area contributed by atoms with Crippen LogP contribution in [0, 0.1) is 5.92 Å². The average molecular weight is 892 g/mol. The molecule has 0 aliphatic heterocycles. The van der Waals surface area contributed by atoms with E-state index in [-0.39, 0.29) is 31.1 Å². The van der Waals surface area contributed by atoms with Gasteiger partial charge in [0, 0.05) is 19.3 Å². The summed E-state index contributed by atoms with van der Waals surface area (Å²) in [6.45, 7) is 9.02. The number of carbonyl (C=O) groups excluding carboxylic acids is 3. The maximum atomic E-state index is 12.8. The van der Waals surface area contributed by atoms with E-state index in [2.05, 4.69) is 27.7 Å². The number of hydrogen-bond donors (Lipinski definition) is 0. The van der Waals surface area contributed by atoms with Gasteiger partial charge in [0.15, 0.2) is 6.10 Å². The summed E-state index contributed by atoms with van der Waals surface area (Å²) >= 11 is 0. The lowest BCUT2D eigenvalue weighted by molar-refractivity contribution is -0.167. The monoisotopic (exact) mass is 891 g/mol. The molecule has 0 N–H and O–H groups in total. The van der Waals surface area contributed by atoms with Gasteiger partial charge >= 0.3 is 17.9 Å². The van der Waals surface area contributed by atoms with Crippen LogP contribution in [0.5, 0.6) is 0 Å². The number of carbonyl (C=O) groups is 3. The molecule has 0 unspecified atom stereocenters. The fourth-order valence-electron chi connectivity index (χ4n) is 8.75. The predicted molar refractivity (Wildman–Crippen MR) is 270 cm³/mol. The van der Waals surface area contributed by atoms with E-state index in [1.165, 1.54) is 218 Å². The summed E-state index contributed by atoms with van der Waals surface area (Å²) in [7, 11) is 0. The molecule has 0 aromatic heterocycles. The highest BCUT2D eigenvalue weighted by molar-refractivity contribution is 5.71. The lowest BCUT2D eigenvalue weighted by Crippen LogP contribution is -2.30. The second kappa shape index (κ2) is 51.4. The van der Waals surface area contributed by atoms with Gasteiger partial charge in [0.2, 0.25) is 0 Å². The molecule has 0 rings (SSSR count). The van der Waals surface area contributed by atoms with Crippen LogP contribution in [0.1, 0.15) is 323 Å². The zero-order valence-electron chi connectivity index (χ0n) is 43.0. The molecule has 0 heterocycles. The quantitative estimate of drug-likeness (QED) is 0.0344. The van der Waals surface area contributed by atoms with Crippen molar-refractivity contribution < 1.29 is 28.6 Å². The third-order valence-corrected chi connectivity index (χ3v) is 13.0. The van der Waals surface area contributed by atoms with Gasteiger partial charge in [-0.15, -0.1) is 0 Å². The van der Waals surface area contributed by atoms with Crippen LogP contribution in [0.3, 0.4) is 0 Å². The smallest absolute Gasteiger partial charge is 0.306 e. The van der Waals surface area contributed by atoms with Crippen LogP contribution >= 0.6 is 0 Å². The molecule has 63 heavy (non-hydrogen) atoms. The second-order valence-electron chi connectivity index (χ2n) is 20.1. The highest BCUT2D eigenvalue weighted by Gasteiger charge is 2.19. The fourth-order valence-corrected chi connectivity index (χ4v) is 8.75. The first kappa shape index (κ1) is 61.4. The molecule has 0 saturated carbocycles. The van der Waals surface area contributed by atoms with E-state index in [1.54, 1.807) is 0 Å². The van der Waals surface area contributed by atoms with E-state index in [9.17, 15) is 14.4 Å². The van der Waals surface area contributed by atoms with Gasteiger partial charge in [0.05, 0.1) is 0 Å². The van der Waals surface area contributed by atoms with Crippen molar-refractivity contribution in [1.29, 1.82) is 0 Å². The number of hydrogen-bond acceptors (Lipinski definition) is 6. The Bertz CT molecular complexity index is 949. The maximum Gasteiger partial charge on any atom is 0.306 e. The Morgan fingerprint density at radius 3 is 0.778 bits per heavy atom.